The molecule has 0 atom stereocenters. The van der Waals surface area contributed by atoms with E-state index < -0.39 is 0 Å². The second-order valence-electron chi connectivity index (χ2n) is 14.0. The minimum absolute atomic E-state index is 0.934. The molecule has 0 N–H and O–H groups in total. The zero-order chi connectivity index (χ0) is 33.9. The quantitative estimate of drug-likeness (QED) is 0.136. The van der Waals surface area contributed by atoms with Crippen LogP contribution in [0.1, 0.15) is 0 Å². The molecule has 0 saturated heterocycles. The molecule has 0 saturated carbocycles. The lowest BCUT2D eigenvalue weighted by molar-refractivity contribution is 0.669. The molecule has 10 aromatic carbocycles. The van der Waals surface area contributed by atoms with Crippen molar-refractivity contribution < 1.29 is 4.42 Å². The number of benzene rings is 10. The van der Waals surface area contributed by atoms with Gasteiger partial charge in [-0.15, -0.1) is 0 Å². The number of para-hydroxylation sites is 2. The number of rotatable bonds is 3. The van der Waals surface area contributed by atoms with Crippen molar-refractivity contribution in [2.75, 3.05) is 0 Å². The van der Waals surface area contributed by atoms with Crippen LogP contribution in [0.25, 0.3) is 115 Å². The van der Waals surface area contributed by atoms with Crippen LogP contribution in [-0.4, -0.2) is 4.57 Å². The molecular formula is C50H29NO. The SMILES string of the molecule is c1ccc(-n2c3ccccc3c3c4ccccc4ccc32)c(-c2c3ccccc3c(-c3cc4cccc5oc6cccc3c6c45)c3ccccc23)c1. The Labute approximate surface area is 298 Å². The van der Waals surface area contributed by atoms with Gasteiger partial charge in [-0.2, -0.15) is 0 Å². The third-order valence-corrected chi connectivity index (χ3v) is 11.3. The van der Waals surface area contributed by atoms with Gasteiger partial charge in [0.1, 0.15) is 11.2 Å². The summed E-state index contributed by atoms with van der Waals surface area (Å²) >= 11 is 0. The molecule has 0 fully saturated rings. The third kappa shape index (κ3) is 3.63. The third-order valence-electron chi connectivity index (χ3n) is 11.3. The Balaban J connectivity index is 1.22. The lowest BCUT2D eigenvalue weighted by Crippen LogP contribution is -1.99. The fourth-order valence-electron chi connectivity index (χ4n) is 9.27. The first-order valence-electron chi connectivity index (χ1n) is 17.9. The first-order chi connectivity index (χ1) is 25.8. The molecule has 2 nitrogen and oxygen atoms in total. The second-order valence-corrected chi connectivity index (χ2v) is 14.0. The van der Waals surface area contributed by atoms with E-state index in [1.54, 1.807) is 0 Å². The van der Waals surface area contributed by atoms with Crippen LogP contribution in [0.15, 0.2) is 180 Å². The van der Waals surface area contributed by atoms with E-state index in [-0.39, 0.29) is 0 Å². The van der Waals surface area contributed by atoms with Gasteiger partial charge in [-0.05, 0) is 96.2 Å². The van der Waals surface area contributed by atoms with Gasteiger partial charge < -0.3 is 8.98 Å². The van der Waals surface area contributed by atoms with Gasteiger partial charge in [-0.25, -0.2) is 0 Å². The minimum Gasteiger partial charge on any atom is -0.456 e. The molecule has 0 unspecified atom stereocenters. The van der Waals surface area contributed by atoms with Crippen LogP contribution in [0, 0.1) is 0 Å². The number of furan rings is 1. The number of nitrogens with zero attached hydrogens (tertiary/aromatic N) is 1. The smallest absolute Gasteiger partial charge is 0.136 e. The van der Waals surface area contributed by atoms with Crippen molar-refractivity contribution in [1.29, 1.82) is 0 Å². The number of fused-ring (bicyclic) bond motifs is 7. The van der Waals surface area contributed by atoms with Crippen LogP contribution in [0.4, 0.5) is 0 Å². The van der Waals surface area contributed by atoms with E-state index in [9.17, 15) is 0 Å². The van der Waals surface area contributed by atoms with Gasteiger partial charge in [-0.1, -0.05) is 140 Å². The monoisotopic (exact) mass is 659 g/mol. The molecule has 0 amide bonds. The predicted molar refractivity (Wildman–Crippen MR) is 220 cm³/mol. The van der Waals surface area contributed by atoms with Gasteiger partial charge in [0.15, 0.2) is 0 Å². The highest BCUT2D eigenvalue weighted by Gasteiger charge is 2.24. The van der Waals surface area contributed by atoms with Gasteiger partial charge in [0.25, 0.3) is 0 Å². The highest BCUT2D eigenvalue weighted by molar-refractivity contribution is 6.30. The molecular weight excluding hydrogens is 631 g/mol. The molecule has 2 heterocycles. The Morgan fingerprint density at radius 1 is 0.327 bits per heavy atom. The molecule has 0 aliphatic rings. The molecule has 0 spiro atoms. The van der Waals surface area contributed by atoms with Crippen molar-refractivity contribution in [2.24, 2.45) is 0 Å². The van der Waals surface area contributed by atoms with E-state index >= 15 is 0 Å². The van der Waals surface area contributed by atoms with Crippen LogP contribution in [-0.2, 0) is 0 Å². The molecule has 52 heavy (non-hydrogen) atoms. The van der Waals surface area contributed by atoms with Crippen LogP contribution in [0.5, 0.6) is 0 Å². The Bertz CT molecular complexity index is 3360. The average molecular weight is 660 g/mol. The summed E-state index contributed by atoms with van der Waals surface area (Å²) < 4.78 is 8.87. The van der Waals surface area contributed by atoms with Crippen molar-refractivity contribution >= 4 is 86.8 Å². The zero-order valence-corrected chi connectivity index (χ0v) is 28.1. The van der Waals surface area contributed by atoms with Gasteiger partial charge in [0.2, 0.25) is 0 Å². The maximum Gasteiger partial charge on any atom is 0.136 e. The molecule has 0 aliphatic carbocycles. The Kier molecular flexibility index (Phi) is 5.53. The molecule has 12 aromatic rings. The molecule has 240 valence electrons. The molecule has 0 radical (unpaired) electrons. The number of hydrogen-bond acceptors (Lipinski definition) is 1. The van der Waals surface area contributed by atoms with E-state index in [0.717, 1.165) is 11.2 Å². The lowest BCUT2D eigenvalue weighted by atomic mass is 9.83. The Hall–Kier alpha value is -6.90. The zero-order valence-electron chi connectivity index (χ0n) is 28.1. The fourth-order valence-corrected chi connectivity index (χ4v) is 9.27. The van der Waals surface area contributed by atoms with Crippen molar-refractivity contribution in [3.63, 3.8) is 0 Å². The van der Waals surface area contributed by atoms with E-state index in [4.69, 9.17) is 4.42 Å². The molecule has 2 aromatic heterocycles. The van der Waals surface area contributed by atoms with Crippen LogP contribution in [0.3, 0.4) is 0 Å². The summed E-state index contributed by atoms with van der Waals surface area (Å²) in [4.78, 5) is 0. The second kappa shape index (κ2) is 10.3. The highest BCUT2D eigenvalue weighted by atomic mass is 16.3. The molecule has 0 aliphatic heterocycles. The maximum atomic E-state index is 6.39. The van der Waals surface area contributed by atoms with E-state index in [1.165, 1.54) is 104 Å². The largest absolute Gasteiger partial charge is 0.456 e. The fraction of sp³-hybridized carbons (Fsp3) is 0. The van der Waals surface area contributed by atoms with Crippen molar-refractivity contribution in [3.05, 3.63) is 176 Å². The van der Waals surface area contributed by atoms with Crippen molar-refractivity contribution in [3.8, 4) is 27.9 Å². The molecule has 12 rings (SSSR count). The first kappa shape index (κ1) is 27.9. The predicted octanol–water partition coefficient (Wildman–Crippen LogP) is 14.1. The Morgan fingerprint density at radius 3 is 1.65 bits per heavy atom. The van der Waals surface area contributed by atoms with Crippen molar-refractivity contribution in [2.45, 2.75) is 0 Å². The van der Waals surface area contributed by atoms with Crippen LogP contribution < -0.4 is 0 Å². The number of hydrogen-bond donors (Lipinski definition) is 0. The topological polar surface area (TPSA) is 18.1 Å². The molecule has 2 heteroatoms. The summed E-state index contributed by atoms with van der Waals surface area (Å²) in [5.74, 6) is 0. The lowest BCUT2D eigenvalue weighted by Gasteiger charge is -2.21. The van der Waals surface area contributed by atoms with E-state index in [1.807, 2.05) is 0 Å². The van der Waals surface area contributed by atoms with Gasteiger partial charge in [-0.3, -0.25) is 0 Å². The maximum absolute atomic E-state index is 6.39. The summed E-state index contributed by atoms with van der Waals surface area (Å²) in [7, 11) is 0. The summed E-state index contributed by atoms with van der Waals surface area (Å²) in [6, 6.07) is 64.4. The summed E-state index contributed by atoms with van der Waals surface area (Å²) in [6.45, 7) is 0. The summed E-state index contributed by atoms with van der Waals surface area (Å²) in [5.41, 5.74) is 10.4. The van der Waals surface area contributed by atoms with E-state index in [0.29, 0.717) is 0 Å². The summed E-state index contributed by atoms with van der Waals surface area (Å²) in [5, 5.41) is 14.9. The normalized spacial score (nSPS) is 12.2. The van der Waals surface area contributed by atoms with Crippen LogP contribution in [0.2, 0.25) is 0 Å². The average Bonchev–Trinajstić information content (AvgIpc) is 3.76. The highest BCUT2D eigenvalue weighted by Crippen LogP contribution is 2.49. The van der Waals surface area contributed by atoms with Gasteiger partial charge in [0.05, 0.1) is 16.7 Å². The molecule has 0 bridgehead atoms. The first-order valence-corrected chi connectivity index (χ1v) is 17.9. The van der Waals surface area contributed by atoms with Gasteiger partial charge >= 0.3 is 0 Å². The summed E-state index contributed by atoms with van der Waals surface area (Å²) in [6.07, 6.45) is 0. The van der Waals surface area contributed by atoms with Crippen LogP contribution >= 0.6 is 0 Å². The van der Waals surface area contributed by atoms with Crippen molar-refractivity contribution in [1.82, 2.24) is 4.57 Å². The standard InChI is InChI=1S/C50H29NO/c1-2-15-32-30(13-1)27-28-43-49(32)39-21-8-10-24-42(39)51(43)41-23-9-7-20-38(41)47-33-16-3-5-18-35(33)48(36-19-6-4-17-34(36)47)40-29-31-14-11-25-44-46(31)50-37(40)22-12-26-45(50)52-44/h1-29H. The van der Waals surface area contributed by atoms with Gasteiger partial charge in [0, 0.05) is 27.1 Å². The number of aromatic nitrogens is 1. The Morgan fingerprint density at radius 2 is 0.885 bits per heavy atom. The minimum atomic E-state index is 0.934. The van der Waals surface area contributed by atoms with E-state index in [2.05, 4.69) is 180 Å².